The highest BCUT2D eigenvalue weighted by Gasteiger charge is 2.46. The summed E-state index contributed by atoms with van der Waals surface area (Å²) in [6, 6.07) is 4.84. The third-order valence-corrected chi connectivity index (χ3v) is 4.29. The summed E-state index contributed by atoms with van der Waals surface area (Å²) in [6.07, 6.45) is 6.54. The smallest absolute Gasteiger partial charge is 0.326 e. The Kier molecular flexibility index (Phi) is 4.93. The van der Waals surface area contributed by atoms with Crippen LogP contribution >= 0.6 is 0 Å². The highest BCUT2D eigenvalue weighted by atomic mass is 16.6. The summed E-state index contributed by atoms with van der Waals surface area (Å²) in [5.41, 5.74) is -0.0258. The van der Waals surface area contributed by atoms with Gasteiger partial charge in [0.05, 0.1) is 16.8 Å². The number of likely N-dealkylation sites (tertiary alicyclic amines) is 1. The van der Waals surface area contributed by atoms with E-state index in [4.69, 9.17) is 4.74 Å². The highest BCUT2D eigenvalue weighted by molar-refractivity contribution is 6.09. The molecule has 9 heteroatoms. The molecule has 0 saturated carbocycles. The summed E-state index contributed by atoms with van der Waals surface area (Å²) < 4.78 is 4.84. The first kappa shape index (κ1) is 18.2. The van der Waals surface area contributed by atoms with E-state index in [9.17, 15) is 29.3 Å². The molecular formula is C18H14N2O7. The van der Waals surface area contributed by atoms with Crippen LogP contribution in [-0.2, 0) is 19.1 Å². The molecule has 3 rings (SSSR count). The van der Waals surface area contributed by atoms with E-state index in [1.165, 1.54) is 24.3 Å². The monoisotopic (exact) mass is 370 g/mol. The van der Waals surface area contributed by atoms with E-state index in [1.807, 2.05) is 0 Å². The molecular weight excluding hydrogens is 356 g/mol. The van der Waals surface area contributed by atoms with Crippen LogP contribution in [0, 0.1) is 22.0 Å². The van der Waals surface area contributed by atoms with Gasteiger partial charge in [0.25, 0.3) is 5.69 Å². The molecule has 0 spiro atoms. The third-order valence-electron chi connectivity index (χ3n) is 4.29. The maximum atomic E-state index is 12.2. The van der Waals surface area contributed by atoms with Crippen molar-refractivity contribution in [1.82, 2.24) is 4.90 Å². The SMILES string of the molecule is O=C(CN1C(=O)[C@@H]2C=CC=C[C@H]2C1=O)OCC(=O)c1ccc([N+](=O)[O-])cc1. The Labute approximate surface area is 153 Å². The number of nitrogens with zero attached hydrogens (tertiary/aromatic N) is 2. The number of carbonyl (C=O) groups is 4. The molecule has 2 aliphatic rings. The van der Waals surface area contributed by atoms with Gasteiger partial charge in [-0.1, -0.05) is 24.3 Å². The molecule has 2 atom stereocenters. The number of imide groups is 1. The predicted octanol–water partition coefficient (Wildman–Crippen LogP) is 1.05. The first-order valence-electron chi connectivity index (χ1n) is 8.02. The number of allylic oxidation sites excluding steroid dienone is 2. The number of ketones is 1. The van der Waals surface area contributed by atoms with Crippen molar-refractivity contribution < 1.29 is 28.8 Å². The van der Waals surface area contributed by atoms with Gasteiger partial charge in [-0.25, -0.2) is 0 Å². The number of ether oxygens (including phenoxy) is 1. The largest absolute Gasteiger partial charge is 0.456 e. The first-order chi connectivity index (χ1) is 12.9. The zero-order chi connectivity index (χ0) is 19.6. The molecule has 1 aromatic carbocycles. The zero-order valence-electron chi connectivity index (χ0n) is 13.9. The van der Waals surface area contributed by atoms with Crippen molar-refractivity contribution in [3.05, 3.63) is 64.2 Å². The third kappa shape index (κ3) is 3.66. The van der Waals surface area contributed by atoms with Crippen molar-refractivity contribution in [2.24, 2.45) is 11.8 Å². The van der Waals surface area contributed by atoms with E-state index in [1.54, 1.807) is 24.3 Å². The lowest BCUT2D eigenvalue weighted by atomic mass is 9.91. The second kappa shape index (κ2) is 7.32. The number of esters is 1. The first-order valence-corrected chi connectivity index (χ1v) is 8.02. The lowest BCUT2D eigenvalue weighted by Gasteiger charge is -2.13. The van der Waals surface area contributed by atoms with Crippen LogP contribution in [0.4, 0.5) is 5.69 Å². The quantitative estimate of drug-likeness (QED) is 0.241. The molecule has 2 amide bonds. The van der Waals surface area contributed by atoms with Crippen LogP contribution < -0.4 is 0 Å². The van der Waals surface area contributed by atoms with E-state index >= 15 is 0 Å². The molecule has 1 aromatic rings. The van der Waals surface area contributed by atoms with Crippen LogP contribution in [0.5, 0.6) is 0 Å². The molecule has 0 unspecified atom stereocenters. The van der Waals surface area contributed by atoms with Crippen LogP contribution in [0.15, 0.2) is 48.6 Å². The maximum Gasteiger partial charge on any atom is 0.326 e. The van der Waals surface area contributed by atoms with Crippen molar-refractivity contribution in [3.8, 4) is 0 Å². The van der Waals surface area contributed by atoms with Crippen molar-refractivity contribution in [2.45, 2.75) is 0 Å². The summed E-state index contributed by atoms with van der Waals surface area (Å²) in [7, 11) is 0. The molecule has 1 aliphatic heterocycles. The highest BCUT2D eigenvalue weighted by Crippen LogP contribution is 2.30. The number of carbonyl (C=O) groups excluding carboxylic acids is 4. The lowest BCUT2D eigenvalue weighted by Crippen LogP contribution is -2.37. The molecule has 1 heterocycles. The number of amides is 2. The molecule has 1 fully saturated rings. The van der Waals surface area contributed by atoms with Gasteiger partial charge in [-0.2, -0.15) is 0 Å². The molecule has 0 radical (unpaired) electrons. The van der Waals surface area contributed by atoms with Gasteiger partial charge in [-0.3, -0.25) is 34.2 Å². The number of fused-ring (bicyclic) bond motifs is 1. The average molecular weight is 370 g/mol. The molecule has 138 valence electrons. The predicted molar refractivity (Wildman–Crippen MR) is 90.4 cm³/mol. The number of rotatable bonds is 6. The van der Waals surface area contributed by atoms with Gasteiger partial charge >= 0.3 is 5.97 Å². The van der Waals surface area contributed by atoms with Gasteiger partial charge in [-0.05, 0) is 12.1 Å². The van der Waals surface area contributed by atoms with Gasteiger partial charge < -0.3 is 4.74 Å². The standard InChI is InChI=1S/C18H14N2O7/c21-15(11-5-7-12(8-6-11)20(25)26)10-27-16(22)9-19-17(23)13-3-1-2-4-14(13)18(19)24/h1-8,13-14H,9-10H2/t13-,14-/m1/s1. The molecule has 27 heavy (non-hydrogen) atoms. The zero-order valence-corrected chi connectivity index (χ0v) is 13.9. The van der Waals surface area contributed by atoms with Crippen LogP contribution in [0.25, 0.3) is 0 Å². The molecule has 0 N–H and O–H groups in total. The van der Waals surface area contributed by atoms with E-state index in [-0.39, 0.29) is 11.3 Å². The fraction of sp³-hybridized carbons (Fsp3) is 0.222. The summed E-state index contributed by atoms with van der Waals surface area (Å²) >= 11 is 0. The van der Waals surface area contributed by atoms with E-state index in [0.717, 1.165) is 4.90 Å². The summed E-state index contributed by atoms with van der Waals surface area (Å²) in [4.78, 5) is 59.2. The van der Waals surface area contributed by atoms with Crippen molar-refractivity contribution >= 4 is 29.3 Å². The number of Topliss-reactive ketones (excluding diaryl/α,β-unsaturated/α-hetero) is 1. The van der Waals surface area contributed by atoms with Crippen molar-refractivity contribution in [1.29, 1.82) is 0 Å². The Balaban J connectivity index is 1.55. The van der Waals surface area contributed by atoms with E-state index < -0.39 is 53.5 Å². The number of nitro benzene ring substituents is 1. The van der Waals surface area contributed by atoms with Gasteiger partial charge in [0.2, 0.25) is 11.8 Å². The Morgan fingerprint density at radius 2 is 1.59 bits per heavy atom. The second-order valence-corrected chi connectivity index (χ2v) is 5.97. The molecule has 1 saturated heterocycles. The van der Waals surface area contributed by atoms with Gasteiger partial charge in [-0.15, -0.1) is 0 Å². The van der Waals surface area contributed by atoms with Crippen molar-refractivity contribution in [3.63, 3.8) is 0 Å². The van der Waals surface area contributed by atoms with Crippen LogP contribution in [-0.4, -0.2) is 46.5 Å². The Morgan fingerprint density at radius 3 is 2.11 bits per heavy atom. The Morgan fingerprint density at radius 1 is 1.04 bits per heavy atom. The normalized spacial score (nSPS) is 20.5. The van der Waals surface area contributed by atoms with E-state index in [2.05, 4.69) is 0 Å². The minimum absolute atomic E-state index is 0.142. The second-order valence-electron chi connectivity index (χ2n) is 5.97. The average Bonchev–Trinajstić information content (AvgIpc) is 2.91. The van der Waals surface area contributed by atoms with Gasteiger partial charge in [0.15, 0.2) is 12.4 Å². The maximum absolute atomic E-state index is 12.2. The number of nitro groups is 1. The summed E-state index contributed by atoms with van der Waals surface area (Å²) in [5.74, 6) is -3.64. The van der Waals surface area contributed by atoms with Gasteiger partial charge in [0.1, 0.15) is 6.54 Å². The van der Waals surface area contributed by atoms with E-state index in [0.29, 0.717) is 0 Å². The van der Waals surface area contributed by atoms with Crippen LogP contribution in [0.1, 0.15) is 10.4 Å². The topological polar surface area (TPSA) is 124 Å². The molecule has 0 aromatic heterocycles. The Hall–Kier alpha value is -3.62. The fourth-order valence-corrected chi connectivity index (χ4v) is 2.88. The molecule has 1 aliphatic carbocycles. The summed E-state index contributed by atoms with van der Waals surface area (Å²) in [6.45, 7) is -1.17. The van der Waals surface area contributed by atoms with Gasteiger partial charge in [0, 0.05) is 17.7 Å². The number of hydrogen-bond acceptors (Lipinski definition) is 7. The van der Waals surface area contributed by atoms with Crippen LogP contribution in [0.2, 0.25) is 0 Å². The molecule has 9 nitrogen and oxygen atoms in total. The number of non-ortho nitro benzene ring substituents is 1. The fourth-order valence-electron chi connectivity index (χ4n) is 2.88. The lowest BCUT2D eigenvalue weighted by molar-refractivity contribution is -0.384. The van der Waals surface area contributed by atoms with Crippen LogP contribution in [0.3, 0.4) is 0 Å². The van der Waals surface area contributed by atoms with Crippen molar-refractivity contribution in [2.75, 3.05) is 13.2 Å². The summed E-state index contributed by atoms with van der Waals surface area (Å²) in [5, 5.41) is 10.6. The number of hydrogen-bond donors (Lipinski definition) is 0. The minimum atomic E-state index is -0.890. The Bertz CT molecular complexity index is 855. The molecule has 0 bridgehead atoms. The number of benzene rings is 1. The minimum Gasteiger partial charge on any atom is -0.456 e.